The number of likely N-dealkylation sites (tertiary alicyclic amines) is 1. The summed E-state index contributed by atoms with van der Waals surface area (Å²) in [4.78, 5) is 36.5. The highest BCUT2D eigenvalue weighted by molar-refractivity contribution is 5.95. The second-order valence-corrected chi connectivity index (χ2v) is 8.00. The lowest BCUT2D eigenvalue weighted by Gasteiger charge is -2.36. The highest BCUT2D eigenvalue weighted by Gasteiger charge is 2.33. The van der Waals surface area contributed by atoms with Crippen molar-refractivity contribution in [3.8, 4) is 11.5 Å². The molecule has 2 aromatic rings. The van der Waals surface area contributed by atoms with Crippen molar-refractivity contribution in [1.82, 2.24) is 20.2 Å². The van der Waals surface area contributed by atoms with Gasteiger partial charge in [-0.3, -0.25) is 9.59 Å². The number of hydrogen-bond donors (Lipinski definition) is 1. The van der Waals surface area contributed by atoms with Crippen molar-refractivity contribution in [1.29, 1.82) is 0 Å². The molecule has 1 aliphatic heterocycles. The Bertz CT molecular complexity index is 960. The Balaban J connectivity index is 1.54. The van der Waals surface area contributed by atoms with Gasteiger partial charge >= 0.3 is 0 Å². The van der Waals surface area contributed by atoms with Crippen LogP contribution < -0.4 is 14.8 Å². The molecular weight excluding hydrogens is 396 g/mol. The molecule has 0 radical (unpaired) electrons. The van der Waals surface area contributed by atoms with Crippen LogP contribution in [0.15, 0.2) is 30.5 Å². The van der Waals surface area contributed by atoms with Gasteiger partial charge in [-0.15, -0.1) is 0 Å². The van der Waals surface area contributed by atoms with Crippen LogP contribution in [0.1, 0.15) is 60.0 Å². The molecule has 2 fully saturated rings. The molecule has 1 aromatic heterocycles. The molecule has 0 spiro atoms. The van der Waals surface area contributed by atoms with E-state index in [1.807, 2.05) is 12.1 Å². The average molecular weight is 425 g/mol. The molecule has 1 aromatic carbocycles. The number of aryl methyl sites for hydroxylation is 1. The Kier molecular flexibility index (Phi) is 6.34. The Morgan fingerprint density at radius 1 is 1.16 bits per heavy atom. The first-order valence-electron chi connectivity index (χ1n) is 10.8. The number of nitrogens with zero attached hydrogens (tertiary/aromatic N) is 3. The largest absolute Gasteiger partial charge is 0.493 e. The number of carbonyl (C=O) groups is 2. The lowest BCUT2D eigenvalue weighted by molar-refractivity contribution is -0.137. The van der Waals surface area contributed by atoms with Crippen molar-refractivity contribution in [2.75, 3.05) is 20.3 Å². The van der Waals surface area contributed by atoms with Gasteiger partial charge < -0.3 is 19.7 Å². The highest BCUT2D eigenvalue weighted by Crippen LogP contribution is 2.33. The van der Waals surface area contributed by atoms with Crippen LogP contribution in [0, 0.1) is 6.92 Å². The number of para-hydroxylation sites is 2. The number of ether oxygens (including phenoxy) is 2. The minimum absolute atomic E-state index is 0.107. The summed E-state index contributed by atoms with van der Waals surface area (Å²) in [6.45, 7) is 2.29. The maximum absolute atomic E-state index is 13.1. The number of rotatable bonds is 7. The van der Waals surface area contributed by atoms with Gasteiger partial charge in [-0.2, -0.15) is 0 Å². The SMILES string of the molecule is COc1ccccc1OCC(=O)N1CCCC[C@@H]1c1nc(C)ncc1C(=O)NC1CC1. The maximum atomic E-state index is 13.1. The van der Waals surface area contributed by atoms with E-state index in [9.17, 15) is 9.59 Å². The van der Waals surface area contributed by atoms with E-state index in [2.05, 4.69) is 15.3 Å². The number of piperidine rings is 1. The zero-order valence-electron chi connectivity index (χ0n) is 18.0. The average Bonchev–Trinajstić information content (AvgIpc) is 3.61. The van der Waals surface area contributed by atoms with Gasteiger partial charge in [0.1, 0.15) is 5.82 Å². The first-order chi connectivity index (χ1) is 15.1. The molecule has 8 nitrogen and oxygen atoms in total. The van der Waals surface area contributed by atoms with E-state index in [0.717, 1.165) is 32.1 Å². The summed E-state index contributed by atoms with van der Waals surface area (Å²) in [6.07, 6.45) is 6.21. The third-order valence-electron chi connectivity index (χ3n) is 5.65. The number of nitrogens with one attached hydrogen (secondary N) is 1. The first kappa shape index (κ1) is 21.1. The van der Waals surface area contributed by atoms with Crippen molar-refractivity contribution >= 4 is 11.8 Å². The number of methoxy groups -OCH3 is 1. The van der Waals surface area contributed by atoms with Gasteiger partial charge in [-0.25, -0.2) is 9.97 Å². The maximum Gasteiger partial charge on any atom is 0.261 e. The van der Waals surface area contributed by atoms with Crippen molar-refractivity contribution in [2.24, 2.45) is 0 Å². The molecule has 0 unspecified atom stereocenters. The summed E-state index contributed by atoms with van der Waals surface area (Å²) in [5, 5.41) is 3.01. The van der Waals surface area contributed by atoms with Crippen LogP contribution in [0.2, 0.25) is 0 Å². The van der Waals surface area contributed by atoms with Gasteiger partial charge in [0.05, 0.1) is 24.4 Å². The summed E-state index contributed by atoms with van der Waals surface area (Å²) in [5.41, 5.74) is 1.07. The molecule has 0 bridgehead atoms. The van der Waals surface area contributed by atoms with Gasteiger partial charge in [-0.1, -0.05) is 12.1 Å². The molecule has 2 aliphatic rings. The fourth-order valence-electron chi connectivity index (χ4n) is 3.88. The monoisotopic (exact) mass is 424 g/mol. The molecule has 2 heterocycles. The normalized spacial score (nSPS) is 18.4. The van der Waals surface area contributed by atoms with E-state index in [0.29, 0.717) is 35.1 Å². The van der Waals surface area contributed by atoms with Gasteiger partial charge in [0, 0.05) is 18.8 Å². The molecular formula is C23H28N4O4. The van der Waals surface area contributed by atoms with Crippen LogP contribution in [0.4, 0.5) is 0 Å². The standard InChI is InChI=1S/C23H28N4O4/c1-15-24-13-17(23(29)26-16-10-11-16)22(25-15)18-7-5-6-12-27(18)21(28)14-31-20-9-4-3-8-19(20)30-2/h3-4,8-9,13,16,18H,5-7,10-12,14H2,1-2H3,(H,26,29)/t18-/m1/s1. The Hall–Kier alpha value is -3.16. The molecule has 1 N–H and O–H groups in total. The number of carbonyl (C=O) groups excluding carboxylic acids is 2. The number of hydrogen-bond acceptors (Lipinski definition) is 6. The van der Waals surface area contributed by atoms with Crippen LogP contribution in [0.25, 0.3) is 0 Å². The predicted molar refractivity (Wildman–Crippen MR) is 114 cm³/mol. The number of amides is 2. The van der Waals surface area contributed by atoms with Gasteiger partial charge in [0.15, 0.2) is 18.1 Å². The molecule has 2 amide bonds. The second-order valence-electron chi connectivity index (χ2n) is 8.00. The van der Waals surface area contributed by atoms with Gasteiger partial charge in [0.2, 0.25) is 0 Å². The molecule has 1 atom stereocenters. The molecule has 1 saturated heterocycles. The molecule has 4 rings (SSSR count). The van der Waals surface area contributed by atoms with Crippen LogP contribution >= 0.6 is 0 Å². The zero-order chi connectivity index (χ0) is 21.8. The Labute approximate surface area is 182 Å². The minimum atomic E-state index is -0.274. The smallest absolute Gasteiger partial charge is 0.261 e. The summed E-state index contributed by atoms with van der Waals surface area (Å²) >= 11 is 0. The van der Waals surface area contributed by atoms with E-state index < -0.39 is 0 Å². The second kappa shape index (κ2) is 9.32. The van der Waals surface area contributed by atoms with E-state index in [1.54, 1.807) is 37.3 Å². The van der Waals surface area contributed by atoms with Crippen molar-refractivity contribution < 1.29 is 19.1 Å². The summed E-state index contributed by atoms with van der Waals surface area (Å²) in [7, 11) is 1.57. The lowest BCUT2D eigenvalue weighted by Crippen LogP contribution is -2.42. The number of aromatic nitrogens is 2. The van der Waals surface area contributed by atoms with Crippen LogP contribution in [-0.2, 0) is 4.79 Å². The predicted octanol–water partition coefficient (Wildman–Crippen LogP) is 2.82. The van der Waals surface area contributed by atoms with Crippen LogP contribution in [-0.4, -0.2) is 53.0 Å². The summed E-state index contributed by atoms with van der Waals surface area (Å²) < 4.78 is 11.1. The van der Waals surface area contributed by atoms with E-state index in [1.165, 1.54) is 0 Å². The molecule has 1 saturated carbocycles. The fourth-order valence-corrected chi connectivity index (χ4v) is 3.88. The van der Waals surface area contributed by atoms with Gasteiger partial charge in [-0.05, 0) is 51.2 Å². The van der Waals surface area contributed by atoms with Crippen LogP contribution in [0.5, 0.6) is 11.5 Å². The minimum Gasteiger partial charge on any atom is -0.493 e. The van der Waals surface area contributed by atoms with Gasteiger partial charge in [0.25, 0.3) is 11.8 Å². The summed E-state index contributed by atoms with van der Waals surface area (Å²) in [5.74, 6) is 1.38. The molecule has 164 valence electrons. The summed E-state index contributed by atoms with van der Waals surface area (Å²) in [6, 6.07) is 7.20. The van der Waals surface area contributed by atoms with Crippen LogP contribution in [0.3, 0.4) is 0 Å². The molecule has 1 aliphatic carbocycles. The Morgan fingerprint density at radius 3 is 2.68 bits per heavy atom. The van der Waals surface area contributed by atoms with E-state index >= 15 is 0 Å². The van der Waals surface area contributed by atoms with Crippen molar-refractivity contribution in [3.63, 3.8) is 0 Å². The third kappa shape index (κ3) is 4.95. The van der Waals surface area contributed by atoms with Crippen molar-refractivity contribution in [2.45, 2.75) is 51.1 Å². The van der Waals surface area contributed by atoms with E-state index in [-0.39, 0.29) is 30.5 Å². The number of benzene rings is 1. The third-order valence-corrected chi connectivity index (χ3v) is 5.65. The topological polar surface area (TPSA) is 93.7 Å². The fraction of sp³-hybridized carbons (Fsp3) is 0.478. The Morgan fingerprint density at radius 2 is 1.94 bits per heavy atom. The van der Waals surface area contributed by atoms with Crippen molar-refractivity contribution in [3.05, 3.63) is 47.5 Å². The molecule has 31 heavy (non-hydrogen) atoms. The van der Waals surface area contributed by atoms with E-state index in [4.69, 9.17) is 9.47 Å². The quantitative estimate of drug-likeness (QED) is 0.735. The highest BCUT2D eigenvalue weighted by atomic mass is 16.5. The first-order valence-corrected chi connectivity index (χ1v) is 10.8. The lowest BCUT2D eigenvalue weighted by atomic mass is 9.96. The zero-order valence-corrected chi connectivity index (χ0v) is 18.0. The molecule has 8 heteroatoms.